The number of aliphatic hydroxyl groups excluding tert-OH is 1. The molecule has 0 saturated heterocycles. The Hall–Kier alpha value is -2.00. The molecule has 28 heavy (non-hydrogen) atoms. The lowest BCUT2D eigenvalue weighted by molar-refractivity contribution is -0.274. The molecular weight excluding hydrogens is 375 g/mol. The monoisotopic (exact) mass is 405 g/mol. The van der Waals surface area contributed by atoms with E-state index in [0.29, 0.717) is 32.0 Å². The van der Waals surface area contributed by atoms with Crippen LogP contribution in [0.25, 0.3) is 0 Å². The van der Waals surface area contributed by atoms with Crippen LogP contribution in [0.3, 0.4) is 0 Å². The lowest BCUT2D eigenvalue weighted by Crippen LogP contribution is -2.42. The van der Waals surface area contributed by atoms with E-state index in [0.717, 1.165) is 5.56 Å². The lowest BCUT2D eigenvalue weighted by atomic mass is 10.00. The van der Waals surface area contributed by atoms with Gasteiger partial charge in [-0.3, -0.25) is 4.99 Å². The van der Waals surface area contributed by atoms with E-state index in [9.17, 15) is 18.3 Å². The fourth-order valence-corrected chi connectivity index (χ4v) is 2.28. The summed E-state index contributed by atoms with van der Waals surface area (Å²) in [5.41, 5.74) is 0.414. The van der Waals surface area contributed by atoms with Gasteiger partial charge in [0, 0.05) is 32.7 Å². The van der Waals surface area contributed by atoms with E-state index in [-0.39, 0.29) is 23.9 Å². The van der Waals surface area contributed by atoms with Crippen LogP contribution in [-0.2, 0) is 11.2 Å². The van der Waals surface area contributed by atoms with E-state index in [1.54, 1.807) is 19.2 Å². The smallest absolute Gasteiger partial charge is 0.406 e. The first-order chi connectivity index (χ1) is 13.1. The topological polar surface area (TPSA) is 75.1 Å². The maximum absolute atomic E-state index is 12.2. The molecule has 6 nitrogen and oxygen atoms in total. The molecule has 0 bridgehead atoms. The lowest BCUT2D eigenvalue weighted by Gasteiger charge is -2.22. The van der Waals surface area contributed by atoms with E-state index in [2.05, 4.69) is 20.4 Å². The van der Waals surface area contributed by atoms with Crippen LogP contribution in [-0.4, -0.2) is 56.4 Å². The summed E-state index contributed by atoms with van der Waals surface area (Å²) >= 11 is 0. The second-order valence-corrected chi connectivity index (χ2v) is 6.98. The Labute approximate surface area is 164 Å². The summed E-state index contributed by atoms with van der Waals surface area (Å²) in [7, 11) is 1.63. The molecule has 0 radical (unpaired) electrons. The van der Waals surface area contributed by atoms with Gasteiger partial charge in [0.2, 0.25) is 0 Å². The maximum Gasteiger partial charge on any atom is 0.573 e. The second-order valence-electron chi connectivity index (χ2n) is 6.98. The number of methoxy groups -OCH3 is 1. The van der Waals surface area contributed by atoms with Crippen molar-refractivity contribution >= 4 is 5.96 Å². The molecular formula is C19H30F3N3O3. The van der Waals surface area contributed by atoms with Crippen LogP contribution in [0.1, 0.15) is 26.3 Å². The zero-order valence-corrected chi connectivity index (χ0v) is 16.8. The molecule has 1 atom stereocenters. The van der Waals surface area contributed by atoms with Crippen molar-refractivity contribution in [1.29, 1.82) is 0 Å². The van der Waals surface area contributed by atoms with Crippen LogP contribution in [0.4, 0.5) is 13.2 Å². The van der Waals surface area contributed by atoms with Crippen LogP contribution >= 0.6 is 0 Å². The van der Waals surface area contributed by atoms with Crippen molar-refractivity contribution in [2.45, 2.75) is 39.2 Å². The molecule has 0 amide bonds. The van der Waals surface area contributed by atoms with E-state index < -0.39 is 6.36 Å². The molecule has 0 aliphatic carbocycles. The number of guanidine groups is 1. The molecule has 0 heterocycles. The summed E-state index contributed by atoms with van der Waals surface area (Å²) < 4.78 is 45.9. The normalized spacial score (nSPS) is 13.9. The molecule has 1 aromatic carbocycles. The quantitative estimate of drug-likeness (QED) is 0.412. The summed E-state index contributed by atoms with van der Waals surface area (Å²) in [6.45, 7) is 7.35. The van der Waals surface area contributed by atoms with Gasteiger partial charge < -0.3 is 25.2 Å². The molecule has 0 fully saturated rings. The number of ether oxygens (including phenoxy) is 2. The van der Waals surface area contributed by atoms with Crippen molar-refractivity contribution in [3.63, 3.8) is 0 Å². The van der Waals surface area contributed by atoms with Crippen molar-refractivity contribution in [2.75, 3.05) is 33.4 Å². The Balaban J connectivity index is 2.63. The molecule has 0 aliphatic heterocycles. The maximum atomic E-state index is 12.2. The number of aliphatic hydroxyl groups is 1. The number of alkyl halides is 3. The molecule has 3 N–H and O–H groups in total. The van der Waals surface area contributed by atoms with Gasteiger partial charge in [0.1, 0.15) is 5.75 Å². The number of rotatable bonds is 10. The van der Waals surface area contributed by atoms with Gasteiger partial charge in [0.15, 0.2) is 5.96 Å². The Bertz CT molecular complexity index is 605. The minimum atomic E-state index is -4.71. The van der Waals surface area contributed by atoms with Gasteiger partial charge in [-0.15, -0.1) is 13.2 Å². The van der Waals surface area contributed by atoms with E-state index >= 15 is 0 Å². The fourth-order valence-electron chi connectivity index (χ4n) is 2.28. The number of hydrogen-bond donors (Lipinski definition) is 3. The summed E-state index contributed by atoms with van der Waals surface area (Å²) in [6.07, 6.45) is -4.21. The SMILES string of the molecule is CCNC(=NCC(C)(C)OC)NCC(CO)Cc1ccc(OC(F)(F)F)cc1. The van der Waals surface area contributed by atoms with Gasteiger partial charge in [-0.1, -0.05) is 12.1 Å². The summed E-state index contributed by atoms with van der Waals surface area (Å²) in [6, 6.07) is 5.65. The minimum absolute atomic E-state index is 0.0726. The second kappa shape index (κ2) is 11.1. The molecule has 0 saturated carbocycles. The number of benzene rings is 1. The standard InChI is InChI=1S/C19H30F3N3O3/c1-5-23-17(25-13-18(2,3)27-4)24-11-15(12-26)10-14-6-8-16(9-7-14)28-19(20,21)22/h6-9,15,26H,5,10-13H2,1-4H3,(H2,23,24,25). The van der Waals surface area contributed by atoms with Crippen molar-refractivity contribution in [3.05, 3.63) is 29.8 Å². The zero-order valence-electron chi connectivity index (χ0n) is 16.8. The summed E-state index contributed by atoms with van der Waals surface area (Å²) in [4.78, 5) is 4.48. The molecule has 160 valence electrons. The van der Waals surface area contributed by atoms with Crippen molar-refractivity contribution < 1.29 is 27.8 Å². The molecule has 0 aromatic heterocycles. The number of nitrogens with one attached hydrogen (secondary N) is 2. The molecule has 1 unspecified atom stereocenters. The van der Waals surface area contributed by atoms with Gasteiger partial charge >= 0.3 is 6.36 Å². The van der Waals surface area contributed by atoms with Crippen molar-refractivity contribution in [3.8, 4) is 5.75 Å². The summed E-state index contributed by atoms with van der Waals surface area (Å²) in [5, 5.41) is 16.0. The van der Waals surface area contributed by atoms with Gasteiger partial charge in [0.05, 0.1) is 12.1 Å². The van der Waals surface area contributed by atoms with Crippen LogP contribution in [0.5, 0.6) is 5.75 Å². The third kappa shape index (κ3) is 9.80. The zero-order chi connectivity index (χ0) is 21.2. The average Bonchev–Trinajstić information content (AvgIpc) is 2.63. The van der Waals surface area contributed by atoms with E-state index in [1.165, 1.54) is 12.1 Å². The Morgan fingerprint density at radius 3 is 2.32 bits per heavy atom. The minimum Gasteiger partial charge on any atom is -0.406 e. The first-order valence-corrected chi connectivity index (χ1v) is 9.11. The highest BCUT2D eigenvalue weighted by molar-refractivity contribution is 5.79. The summed E-state index contributed by atoms with van der Waals surface area (Å²) in [5.74, 6) is 0.214. The van der Waals surface area contributed by atoms with Crippen LogP contribution in [0.2, 0.25) is 0 Å². The molecule has 1 rings (SSSR count). The molecule has 1 aromatic rings. The highest BCUT2D eigenvalue weighted by Crippen LogP contribution is 2.23. The molecule has 9 heteroatoms. The first-order valence-electron chi connectivity index (χ1n) is 9.11. The predicted molar refractivity (Wildman–Crippen MR) is 102 cm³/mol. The Kier molecular flexibility index (Phi) is 9.54. The van der Waals surface area contributed by atoms with E-state index in [4.69, 9.17) is 4.74 Å². The largest absolute Gasteiger partial charge is 0.573 e. The molecule has 0 spiro atoms. The van der Waals surface area contributed by atoms with Gasteiger partial charge in [-0.2, -0.15) is 0 Å². The number of nitrogens with zero attached hydrogens (tertiary/aromatic N) is 1. The number of aliphatic imine (C=N–C) groups is 1. The third-order valence-corrected chi connectivity index (χ3v) is 4.01. The van der Waals surface area contributed by atoms with Crippen LogP contribution in [0, 0.1) is 5.92 Å². The predicted octanol–water partition coefficient (Wildman–Crippen LogP) is 2.72. The third-order valence-electron chi connectivity index (χ3n) is 4.01. The fraction of sp³-hybridized carbons (Fsp3) is 0.632. The van der Waals surface area contributed by atoms with Crippen LogP contribution < -0.4 is 15.4 Å². The van der Waals surface area contributed by atoms with Gasteiger partial charge in [-0.05, 0) is 44.9 Å². The Morgan fingerprint density at radius 1 is 1.18 bits per heavy atom. The highest BCUT2D eigenvalue weighted by atomic mass is 19.4. The number of hydrogen-bond acceptors (Lipinski definition) is 4. The average molecular weight is 405 g/mol. The van der Waals surface area contributed by atoms with E-state index in [1.807, 2.05) is 20.8 Å². The van der Waals surface area contributed by atoms with Gasteiger partial charge in [0.25, 0.3) is 0 Å². The first kappa shape index (κ1) is 24.0. The van der Waals surface area contributed by atoms with Crippen molar-refractivity contribution in [2.24, 2.45) is 10.9 Å². The Morgan fingerprint density at radius 2 is 1.82 bits per heavy atom. The van der Waals surface area contributed by atoms with Crippen LogP contribution in [0.15, 0.2) is 29.3 Å². The van der Waals surface area contributed by atoms with Gasteiger partial charge in [-0.25, -0.2) is 0 Å². The number of halogens is 3. The van der Waals surface area contributed by atoms with Crippen molar-refractivity contribution in [1.82, 2.24) is 10.6 Å². The highest BCUT2D eigenvalue weighted by Gasteiger charge is 2.31. The molecule has 0 aliphatic rings.